The number of nitrogens with zero attached hydrogens (tertiary/aromatic N) is 3. The van der Waals surface area contributed by atoms with Crippen LogP contribution in [0.4, 0.5) is 5.00 Å². The number of amides is 1. The van der Waals surface area contributed by atoms with Gasteiger partial charge in [-0.15, -0.1) is 21.5 Å². The number of esters is 1. The number of hydrogen-bond donors (Lipinski definition) is 1. The van der Waals surface area contributed by atoms with Crippen LogP contribution in [-0.2, 0) is 16.1 Å². The van der Waals surface area contributed by atoms with E-state index in [1.54, 1.807) is 6.07 Å². The fourth-order valence-corrected chi connectivity index (χ4v) is 4.77. The molecule has 3 aromatic rings. The number of carbonyl (C=O) groups is 2. The minimum atomic E-state index is -0.477. The minimum absolute atomic E-state index is 0.128. The highest BCUT2D eigenvalue weighted by molar-refractivity contribution is 7.99. The summed E-state index contributed by atoms with van der Waals surface area (Å²) in [5, 5.41) is 12.5. The molecule has 2 heterocycles. The van der Waals surface area contributed by atoms with Gasteiger partial charge in [0, 0.05) is 11.4 Å². The normalized spacial score (nSPS) is 11.8. The Morgan fingerprint density at radius 1 is 1.22 bits per heavy atom. The smallest absolute Gasteiger partial charge is 0.340 e. The Bertz CT molecular complexity index is 1090. The zero-order valence-corrected chi connectivity index (χ0v) is 20.3. The van der Waals surface area contributed by atoms with Crippen molar-refractivity contribution in [2.24, 2.45) is 0 Å². The summed E-state index contributed by atoms with van der Waals surface area (Å²) in [5.74, 6) is 0.865. The molecule has 0 radical (unpaired) electrons. The lowest BCUT2D eigenvalue weighted by molar-refractivity contribution is -0.113. The predicted molar refractivity (Wildman–Crippen MR) is 126 cm³/mol. The number of ether oxygens (including phenoxy) is 2. The lowest BCUT2D eigenvalue weighted by atomic mass is 10.2. The van der Waals surface area contributed by atoms with Gasteiger partial charge >= 0.3 is 5.97 Å². The maximum atomic E-state index is 12.5. The highest BCUT2D eigenvalue weighted by Crippen LogP contribution is 2.29. The molecule has 0 saturated heterocycles. The third kappa shape index (κ3) is 5.68. The molecule has 0 aliphatic heterocycles. The number of rotatable bonds is 9. The molecule has 0 spiro atoms. The molecule has 1 aromatic carbocycles. The summed E-state index contributed by atoms with van der Waals surface area (Å²) in [6.45, 7) is 8.45. The van der Waals surface area contributed by atoms with E-state index in [0.29, 0.717) is 28.1 Å². The predicted octanol–water partition coefficient (Wildman–Crippen LogP) is 4.63. The molecule has 8 nitrogen and oxygen atoms in total. The van der Waals surface area contributed by atoms with Crippen LogP contribution in [0.2, 0.25) is 0 Å². The highest BCUT2D eigenvalue weighted by atomic mass is 32.2. The van der Waals surface area contributed by atoms with Gasteiger partial charge in [-0.25, -0.2) is 4.79 Å². The first kappa shape index (κ1) is 23.8. The van der Waals surface area contributed by atoms with Crippen LogP contribution >= 0.6 is 23.1 Å². The van der Waals surface area contributed by atoms with E-state index in [0.717, 1.165) is 16.2 Å². The Labute approximate surface area is 195 Å². The molecule has 0 aliphatic carbocycles. The van der Waals surface area contributed by atoms with Crippen molar-refractivity contribution in [3.63, 3.8) is 0 Å². The highest BCUT2D eigenvalue weighted by Gasteiger charge is 2.21. The lowest BCUT2D eigenvalue weighted by Crippen LogP contribution is -2.16. The molecule has 1 N–H and O–H groups in total. The fourth-order valence-electron chi connectivity index (χ4n) is 3.04. The van der Waals surface area contributed by atoms with Crippen molar-refractivity contribution < 1.29 is 19.1 Å². The van der Waals surface area contributed by atoms with Gasteiger partial charge in [0.2, 0.25) is 5.91 Å². The van der Waals surface area contributed by atoms with Crippen molar-refractivity contribution in [3.8, 4) is 5.75 Å². The molecule has 10 heteroatoms. The molecule has 0 fully saturated rings. The molecule has 170 valence electrons. The third-order valence-electron chi connectivity index (χ3n) is 4.61. The Kier molecular flexibility index (Phi) is 7.92. The van der Waals surface area contributed by atoms with Crippen molar-refractivity contribution in [2.75, 3.05) is 18.2 Å². The third-order valence-corrected chi connectivity index (χ3v) is 6.54. The van der Waals surface area contributed by atoms with E-state index in [1.807, 2.05) is 56.5 Å². The van der Waals surface area contributed by atoms with Crippen LogP contribution in [0.25, 0.3) is 0 Å². The van der Waals surface area contributed by atoms with Crippen LogP contribution in [0.3, 0.4) is 0 Å². The van der Waals surface area contributed by atoms with Crippen LogP contribution in [0.5, 0.6) is 5.75 Å². The number of aryl methyl sites for hydroxylation is 2. The number of thioether (sulfide) groups is 1. The zero-order chi connectivity index (χ0) is 23.3. The number of carbonyl (C=O) groups excluding carboxylic acids is 2. The first-order chi connectivity index (χ1) is 15.3. The van der Waals surface area contributed by atoms with Crippen molar-refractivity contribution in [1.29, 1.82) is 0 Å². The standard InChI is InChI=1S/C22H26N4O4S2/c1-6-26-19(15(4)30-16-9-7-13(2)8-10-16)24-25-22(26)31-12-18(27)23-20-17(21(28)29-5)11-14(3)32-20/h7-11,15H,6,12H2,1-5H3,(H,23,27). The maximum Gasteiger partial charge on any atom is 0.340 e. The fraction of sp³-hybridized carbons (Fsp3) is 0.364. The van der Waals surface area contributed by atoms with E-state index in [2.05, 4.69) is 15.5 Å². The summed E-state index contributed by atoms with van der Waals surface area (Å²) in [5.41, 5.74) is 1.52. The van der Waals surface area contributed by atoms with Gasteiger partial charge in [0.25, 0.3) is 0 Å². The zero-order valence-electron chi connectivity index (χ0n) is 18.7. The van der Waals surface area contributed by atoms with Gasteiger partial charge in [0.05, 0.1) is 18.4 Å². The molecule has 2 aromatic heterocycles. The van der Waals surface area contributed by atoms with E-state index in [-0.39, 0.29) is 17.8 Å². The van der Waals surface area contributed by atoms with Gasteiger partial charge in [0.15, 0.2) is 17.1 Å². The molecular formula is C22H26N4O4S2. The van der Waals surface area contributed by atoms with E-state index in [4.69, 9.17) is 9.47 Å². The van der Waals surface area contributed by atoms with Gasteiger partial charge in [-0.2, -0.15) is 0 Å². The molecule has 1 amide bonds. The van der Waals surface area contributed by atoms with Gasteiger partial charge in [-0.1, -0.05) is 29.5 Å². The quantitative estimate of drug-likeness (QED) is 0.357. The number of hydrogen-bond acceptors (Lipinski definition) is 8. The van der Waals surface area contributed by atoms with Crippen LogP contribution in [0, 0.1) is 13.8 Å². The number of aromatic nitrogens is 3. The average Bonchev–Trinajstić information content (AvgIpc) is 3.36. The summed E-state index contributed by atoms with van der Waals surface area (Å²) in [6, 6.07) is 9.54. The van der Waals surface area contributed by atoms with E-state index < -0.39 is 5.97 Å². The Hall–Kier alpha value is -2.85. The first-order valence-corrected chi connectivity index (χ1v) is 11.9. The van der Waals surface area contributed by atoms with Crippen molar-refractivity contribution in [3.05, 3.63) is 52.2 Å². The Morgan fingerprint density at radius 2 is 1.94 bits per heavy atom. The van der Waals surface area contributed by atoms with Crippen LogP contribution in [0.1, 0.15) is 46.6 Å². The minimum Gasteiger partial charge on any atom is -0.483 e. The largest absolute Gasteiger partial charge is 0.483 e. The van der Waals surface area contributed by atoms with Gasteiger partial charge in [-0.05, 0) is 45.9 Å². The lowest BCUT2D eigenvalue weighted by Gasteiger charge is -2.15. The maximum absolute atomic E-state index is 12.5. The van der Waals surface area contributed by atoms with Crippen molar-refractivity contribution in [1.82, 2.24) is 14.8 Å². The number of benzene rings is 1. The van der Waals surface area contributed by atoms with Crippen LogP contribution in [0.15, 0.2) is 35.5 Å². The topological polar surface area (TPSA) is 95.3 Å². The summed E-state index contributed by atoms with van der Waals surface area (Å²) < 4.78 is 12.7. The number of anilines is 1. The van der Waals surface area contributed by atoms with E-state index in [1.165, 1.54) is 30.2 Å². The van der Waals surface area contributed by atoms with Crippen LogP contribution in [-0.4, -0.2) is 39.5 Å². The molecular weight excluding hydrogens is 448 g/mol. The molecule has 1 atom stereocenters. The summed E-state index contributed by atoms with van der Waals surface area (Å²) >= 11 is 2.62. The monoisotopic (exact) mass is 474 g/mol. The second-order valence-corrected chi connectivity index (χ2v) is 9.29. The molecule has 0 bridgehead atoms. The number of nitrogens with one attached hydrogen (secondary N) is 1. The molecule has 32 heavy (non-hydrogen) atoms. The number of methoxy groups -OCH3 is 1. The Morgan fingerprint density at radius 3 is 2.59 bits per heavy atom. The Balaban J connectivity index is 1.64. The van der Waals surface area contributed by atoms with E-state index >= 15 is 0 Å². The summed E-state index contributed by atoms with van der Waals surface area (Å²) in [4.78, 5) is 25.3. The van der Waals surface area contributed by atoms with Gasteiger partial charge in [0.1, 0.15) is 10.8 Å². The average molecular weight is 475 g/mol. The molecule has 0 saturated carbocycles. The molecule has 1 unspecified atom stereocenters. The second kappa shape index (κ2) is 10.6. The van der Waals surface area contributed by atoms with Crippen molar-refractivity contribution >= 4 is 40.0 Å². The van der Waals surface area contributed by atoms with Gasteiger partial charge < -0.3 is 19.4 Å². The van der Waals surface area contributed by atoms with Crippen molar-refractivity contribution in [2.45, 2.75) is 45.5 Å². The second-order valence-electron chi connectivity index (χ2n) is 7.09. The summed E-state index contributed by atoms with van der Waals surface area (Å²) in [7, 11) is 1.31. The summed E-state index contributed by atoms with van der Waals surface area (Å²) in [6.07, 6.45) is -0.301. The molecule has 0 aliphatic rings. The van der Waals surface area contributed by atoms with Crippen LogP contribution < -0.4 is 10.1 Å². The van der Waals surface area contributed by atoms with E-state index in [9.17, 15) is 9.59 Å². The number of thiophene rings is 1. The SMILES string of the molecule is CCn1c(SCC(=O)Nc2sc(C)cc2C(=O)OC)nnc1C(C)Oc1ccc(C)cc1. The molecule has 3 rings (SSSR count). The first-order valence-electron chi connectivity index (χ1n) is 10.1. The van der Waals surface area contributed by atoms with Gasteiger partial charge in [-0.3, -0.25) is 4.79 Å².